The van der Waals surface area contributed by atoms with E-state index >= 15 is 0 Å². The Bertz CT molecular complexity index is 574. The molecule has 0 aromatic carbocycles. The zero-order valence-corrected chi connectivity index (χ0v) is 12.0. The van der Waals surface area contributed by atoms with E-state index in [2.05, 4.69) is 20.3 Å². The number of nitrogens with zero attached hydrogens (tertiary/aromatic N) is 3. The van der Waals surface area contributed by atoms with Gasteiger partial charge in [-0.05, 0) is 26.8 Å². The molecule has 100 valence electrons. The molecule has 2 heterocycles. The first-order valence-corrected chi connectivity index (χ1v) is 6.90. The van der Waals surface area contributed by atoms with Gasteiger partial charge in [0.2, 0.25) is 5.91 Å². The molecule has 2 aromatic rings. The van der Waals surface area contributed by atoms with Crippen LogP contribution in [0.25, 0.3) is 0 Å². The quantitative estimate of drug-likeness (QED) is 0.923. The number of rotatable bonds is 4. The molecule has 0 fully saturated rings. The van der Waals surface area contributed by atoms with Gasteiger partial charge in [0.05, 0.1) is 23.7 Å². The molecule has 0 spiro atoms. The van der Waals surface area contributed by atoms with Crippen molar-refractivity contribution in [3.63, 3.8) is 0 Å². The fourth-order valence-corrected chi connectivity index (χ4v) is 2.38. The molecule has 0 atom stereocenters. The number of carbonyl (C=O) groups is 1. The Balaban J connectivity index is 1.89. The van der Waals surface area contributed by atoms with Crippen molar-refractivity contribution in [3.8, 4) is 0 Å². The molecule has 0 saturated carbocycles. The van der Waals surface area contributed by atoms with Crippen molar-refractivity contribution in [2.75, 3.05) is 0 Å². The highest BCUT2D eigenvalue weighted by Gasteiger charge is 2.07. The maximum Gasteiger partial charge on any atom is 0.226 e. The van der Waals surface area contributed by atoms with Crippen molar-refractivity contribution >= 4 is 17.2 Å². The zero-order chi connectivity index (χ0) is 13.8. The van der Waals surface area contributed by atoms with Gasteiger partial charge in [-0.2, -0.15) is 0 Å². The summed E-state index contributed by atoms with van der Waals surface area (Å²) < 4.78 is 0. The lowest BCUT2D eigenvalue weighted by molar-refractivity contribution is -0.120. The minimum atomic E-state index is -0.0620. The standard InChI is InChI=1S/C13H16N4OS/c1-8-4-9(2)16-12(15-8)6-14-13(18)5-11-7-19-10(3)17-11/h4,7H,5-6H2,1-3H3,(H,14,18). The predicted octanol–water partition coefficient (Wildman–Crippen LogP) is 1.72. The zero-order valence-electron chi connectivity index (χ0n) is 11.2. The number of aryl methyl sites for hydroxylation is 3. The van der Waals surface area contributed by atoms with Crippen molar-refractivity contribution in [1.29, 1.82) is 0 Å². The Hall–Kier alpha value is -1.82. The molecule has 19 heavy (non-hydrogen) atoms. The smallest absolute Gasteiger partial charge is 0.226 e. The molecule has 0 aliphatic rings. The van der Waals surface area contributed by atoms with Gasteiger partial charge in [-0.3, -0.25) is 4.79 Å². The summed E-state index contributed by atoms with van der Waals surface area (Å²) >= 11 is 1.55. The number of hydrogen-bond donors (Lipinski definition) is 1. The molecule has 0 aliphatic heterocycles. The van der Waals surface area contributed by atoms with E-state index in [1.54, 1.807) is 11.3 Å². The van der Waals surface area contributed by atoms with Gasteiger partial charge in [-0.1, -0.05) is 0 Å². The van der Waals surface area contributed by atoms with Gasteiger partial charge in [0.15, 0.2) is 0 Å². The van der Waals surface area contributed by atoms with Crippen molar-refractivity contribution in [2.24, 2.45) is 0 Å². The molecule has 6 heteroatoms. The molecular formula is C13H16N4OS. The second-order valence-electron chi connectivity index (χ2n) is 4.38. The third kappa shape index (κ3) is 4.10. The summed E-state index contributed by atoms with van der Waals surface area (Å²) in [5, 5.41) is 5.69. The molecule has 5 nitrogen and oxygen atoms in total. The number of amides is 1. The van der Waals surface area contributed by atoms with Gasteiger partial charge in [0.1, 0.15) is 5.82 Å². The third-order valence-corrected chi connectivity index (χ3v) is 3.30. The minimum Gasteiger partial charge on any atom is -0.348 e. The van der Waals surface area contributed by atoms with Crippen LogP contribution >= 0.6 is 11.3 Å². The maximum absolute atomic E-state index is 11.8. The molecule has 0 bridgehead atoms. The molecule has 1 amide bonds. The number of thiazole rings is 1. The molecule has 2 rings (SSSR count). The van der Waals surface area contributed by atoms with Crippen LogP contribution in [0.3, 0.4) is 0 Å². The van der Waals surface area contributed by atoms with Crippen molar-refractivity contribution < 1.29 is 4.79 Å². The van der Waals surface area contributed by atoms with Gasteiger partial charge >= 0.3 is 0 Å². The third-order valence-electron chi connectivity index (χ3n) is 2.48. The van der Waals surface area contributed by atoms with Gasteiger partial charge in [0, 0.05) is 16.8 Å². The Morgan fingerprint density at radius 3 is 2.47 bits per heavy atom. The van der Waals surface area contributed by atoms with Crippen molar-refractivity contribution in [1.82, 2.24) is 20.3 Å². The minimum absolute atomic E-state index is 0.0620. The van der Waals surface area contributed by atoms with E-state index in [1.807, 2.05) is 32.2 Å². The van der Waals surface area contributed by atoms with Gasteiger partial charge < -0.3 is 5.32 Å². The highest BCUT2D eigenvalue weighted by atomic mass is 32.1. The van der Waals surface area contributed by atoms with E-state index < -0.39 is 0 Å². The summed E-state index contributed by atoms with van der Waals surface area (Å²) in [6.45, 7) is 6.11. The van der Waals surface area contributed by atoms with Crippen LogP contribution in [0.15, 0.2) is 11.4 Å². The molecule has 0 radical (unpaired) electrons. The predicted molar refractivity (Wildman–Crippen MR) is 73.9 cm³/mol. The van der Waals surface area contributed by atoms with Crippen molar-refractivity contribution in [2.45, 2.75) is 33.7 Å². The number of carbonyl (C=O) groups excluding carboxylic acids is 1. The van der Waals surface area contributed by atoms with Crippen LogP contribution in [0.1, 0.15) is 27.9 Å². The fraction of sp³-hybridized carbons (Fsp3) is 0.385. The van der Waals surface area contributed by atoms with Crippen LogP contribution in [0.2, 0.25) is 0 Å². The number of aromatic nitrogens is 3. The fourth-order valence-electron chi connectivity index (χ4n) is 1.77. The van der Waals surface area contributed by atoms with Gasteiger partial charge in [0.25, 0.3) is 0 Å². The van der Waals surface area contributed by atoms with Crippen molar-refractivity contribution in [3.05, 3.63) is 39.4 Å². The van der Waals surface area contributed by atoms with E-state index in [0.717, 1.165) is 22.1 Å². The Kier molecular flexibility index (Phi) is 4.21. The highest BCUT2D eigenvalue weighted by molar-refractivity contribution is 7.09. The molecule has 0 saturated heterocycles. The summed E-state index contributed by atoms with van der Waals surface area (Å²) in [6.07, 6.45) is 0.301. The molecule has 1 N–H and O–H groups in total. The van der Waals surface area contributed by atoms with Crippen LogP contribution in [-0.4, -0.2) is 20.9 Å². The summed E-state index contributed by atoms with van der Waals surface area (Å²) in [7, 11) is 0. The second-order valence-corrected chi connectivity index (χ2v) is 5.44. The highest BCUT2D eigenvalue weighted by Crippen LogP contribution is 2.08. The lowest BCUT2D eigenvalue weighted by atomic mass is 10.3. The number of hydrogen-bond acceptors (Lipinski definition) is 5. The lowest BCUT2D eigenvalue weighted by Crippen LogP contribution is -2.26. The molecule has 0 aliphatic carbocycles. The lowest BCUT2D eigenvalue weighted by Gasteiger charge is -2.05. The van der Waals surface area contributed by atoms with E-state index in [1.165, 1.54) is 0 Å². The topological polar surface area (TPSA) is 67.8 Å². The average molecular weight is 276 g/mol. The first-order valence-electron chi connectivity index (χ1n) is 6.02. The van der Waals surface area contributed by atoms with Gasteiger partial charge in [-0.15, -0.1) is 11.3 Å². The van der Waals surface area contributed by atoms with E-state index in [4.69, 9.17) is 0 Å². The normalized spacial score (nSPS) is 10.5. The summed E-state index contributed by atoms with van der Waals surface area (Å²) in [4.78, 5) is 24.6. The average Bonchev–Trinajstić information content (AvgIpc) is 2.71. The summed E-state index contributed by atoms with van der Waals surface area (Å²) in [5.41, 5.74) is 2.63. The molecule has 2 aromatic heterocycles. The Morgan fingerprint density at radius 1 is 1.21 bits per heavy atom. The van der Waals surface area contributed by atoms with Crippen LogP contribution in [0.5, 0.6) is 0 Å². The van der Waals surface area contributed by atoms with E-state index in [-0.39, 0.29) is 5.91 Å². The summed E-state index contributed by atoms with van der Waals surface area (Å²) in [6, 6.07) is 1.91. The van der Waals surface area contributed by atoms with E-state index in [0.29, 0.717) is 18.8 Å². The Labute approximate surface area is 116 Å². The van der Waals surface area contributed by atoms with Crippen LogP contribution in [0.4, 0.5) is 0 Å². The molecular weight excluding hydrogens is 260 g/mol. The largest absolute Gasteiger partial charge is 0.348 e. The number of nitrogens with one attached hydrogen (secondary N) is 1. The first kappa shape index (κ1) is 13.6. The molecule has 0 unspecified atom stereocenters. The SMILES string of the molecule is Cc1cc(C)nc(CNC(=O)Cc2csc(C)n2)n1. The Morgan fingerprint density at radius 2 is 1.89 bits per heavy atom. The second kappa shape index (κ2) is 5.88. The van der Waals surface area contributed by atoms with Gasteiger partial charge in [-0.25, -0.2) is 15.0 Å². The van der Waals surface area contributed by atoms with Crippen LogP contribution in [-0.2, 0) is 17.8 Å². The monoisotopic (exact) mass is 276 g/mol. The van der Waals surface area contributed by atoms with E-state index in [9.17, 15) is 4.79 Å². The maximum atomic E-state index is 11.8. The van der Waals surface area contributed by atoms with Crippen LogP contribution in [0, 0.1) is 20.8 Å². The summed E-state index contributed by atoms with van der Waals surface area (Å²) in [5.74, 6) is 0.577. The van der Waals surface area contributed by atoms with Crippen LogP contribution < -0.4 is 5.32 Å². The first-order chi connectivity index (χ1) is 9.02.